The van der Waals surface area contributed by atoms with Crippen LogP contribution in [0.1, 0.15) is 40.5 Å². The Labute approximate surface area is 157 Å². The van der Waals surface area contributed by atoms with E-state index in [4.69, 9.17) is 9.47 Å². The second-order valence-electron chi connectivity index (χ2n) is 7.96. The summed E-state index contributed by atoms with van der Waals surface area (Å²) in [5.41, 5.74) is -1.30. The normalized spacial score (nSPS) is 16.2. The molecule has 8 heteroatoms. The van der Waals surface area contributed by atoms with Crippen LogP contribution in [-0.4, -0.2) is 36.3 Å². The lowest BCUT2D eigenvalue weighted by molar-refractivity contribution is -0.125. The van der Waals surface area contributed by atoms with Crippen molar-refractivity contribution in [1.82, 2.24) is 10.6 Å². The van der Waals surface area contributed by atoms with E-state index < -0.39 is 41.4 Å². The molecule has 1 fully saturated rings. The number of halogens is 2. The number of alkyl carbamates (subject to hydrolysis) is 1. The summed E-state index contributed by atoms with van der Waals surface area (Å²) in [4.78, 5) is 24.1. The molecule has 150 valence electrons. The van der Waals surface area contributed by atoms with Gasteiger partial charge in [0.1, 0.15) is 11.4 Å². The van der Waals surface area contributed by atoms with Crippen molar-refractivity contribution < 1.29 is 27.8 Å². The van der Waals surface area contributed by atoms with Crippen LogP contribution in [0.15, 0.2) is 18.2 Å². The zero-order valence-corrected chi connectivity index (χ0v) is 16.0. The predicted octanol–water partition coefficient (Wildman–Crippen LogP) is 3.15. The first-order valence-corrected chi connectivity index (χ1v) is 8.84. The Morgan fingerprint density at radius 1 is 1.19 bits per heavy atom. The molecule has 0 radical (unpaired) electrons. The molecule has 2 N–H and O–H groups in total. The fourth-order valence-corrected chi connectivity index (χ4v) is 2.67. The maximum absolute atomic E-state index is 13.6. The van der Waals surface area contributed by atoms with Crippen molar-refractivity contribution in [3.05, 3.63) is 29.8 Å². The van der Waals surface area contributed by atoms with Crippen LogP contribution in [-0.2, 0) is 9.53 Å². The molecule has 27 heavy (non-hydrogen) atoms. The third-order valence-electron chi connectivity index (χ3n) is 4.15. The maximum Gasteiger partial charge on any atom is 0.407 e. The standard InChI is InChI=1S/C19H26F2N2O4/c1-18(2,3)27-17(25)22-11-19(4,12-5-6-12)23-16(24)10-26-15-9-13(20)7-8-14(15)21/h7-9,12H,5-6,10-11H2,1-4H3,(H,22,25)(H,23,24). The Kier molecular flexibility index (Phi) is 6.28. The first-order valence-electron chi connectivity index (χ1n) is 8.84. The lowest BCUT2D eigenvalue weighted by Gasteiger charge is -2.32. The van der Waals surface area contributed by atoms with Gasteiger partial charge in [-0.05, 0) is 58.6 Å². The molecule has 0 heterocycles. The minimum atomic E-state index is -0.749. The van der Waals surface area contributed by atoms with E-state index in [0.29, 0.717) is 0 Å². The van der Waals surface area contributed by atoms with E-state index in [1.807, 2.05) is 6.92 Å². The average molecular weight is 384 g/mol. The molecular weight excluding hydrogens is 358 g/mol. The highest BCUT2D eigenvalue weighted by atomic mass is 19.1. The second-order valence-corrected chi connectivity index (χ2v) is 7.96. The predicted molar refractivity (Wildman–Crippen MR) is 95.4 cm³/mol. The van der Waals surface area contributed by atoms with Crippen molar-refractivity contribution >= 4 is 12.0 Å². The molecule has 0 aromatic heterocycles. The van der Waals surface area contributed by atoms with Crippen molar-refractivity contribution in [2.45, 2.75) is 51.7 Å². The molecule has 1 atom stereocenters. The Morgan fingerprint density at radius 3 is 2.44 bits per heavy atom. The minimum Gasteiger partial charge on any atom is -0.481 e. The van der Waals surface area contributed by atoms with Gasteiger partial charge in [-0.15, -0.1) is 0 Å². The Balaban J connectivity index is 1.89. The molecule has 2 rings (SSSR count). The van der Waals surface area contributed by atoms with E-state index in [0.717, 1.165) is 31.0 Å². The molecule has 1 saturated carbocycles. The zero-order valence-electron chi connectivity index (χ0n) is 16.0. The number of ether oxygens (including phenoxy) is 2. The van der Waals surface area contributed by atoms with E-state index in [1.54, 1.807) is 20.8 Å². The smallest absolute Gasteiger partial charge is 0.407 e. The molecule has 2 amide bonds. The number of nitrogens with one attached hydrogen (secondary N) is 2. The molecule has 1 unspecified atom stereocenters. The van der Waals surface area contributed by atoms with Crippen LogP contribution in [0.4, 0.5) is 13.6 Å². The van der Waals surface area contributed by atoms with Gasteiger partial charge in [-0.25, -0.2) is 13.6 Å². The number of rotatable bonds is 7. The van der Waals surface area contributed by atoms with Crippen LogP contribution in [0.3, 0.4) is 0 Å². The number of carbonyl (C=O) groups is 2. The topological polar surface area (TPSA) is 76.7 Å². The molecule has 0 bridgehead atoms. The lowest BCUT2D eigenvalue weighted by atomic mass is 9.95. The van der Waals surface area contributed by atoms with Gasteiger partial charge in [-0.3, -0.25) is 4.79 Å². The minimum absolute atomic E-state index is 0.187. The molecule has 1 aliphatic carbocycles. The highest BCUT2D eigenvalue weighted by molar-refractivity contribution is 5.78. The van der Waals surface area contributed by atoms with Gasteiger partial charge in [0.25, 0.3) is 5.91 Å². The summed E-state index contributed by atoms with van der Waals surface area (Å²) in [5, 5.41) is 5.50. The fourth-order valence-electron chi connectivity index (χ4n) is 2.67. The highest BCUT2D eigenvalue weighted by Crippen LogP contribution is 2.39. The molecule has 0 saturated heterocycles. The molecule has 0 spiro atoms. The fraction of sp³-hybridized carbons (Fsp3) is 0.579. The van der Waals surface area contributed by atoms with Crippen molar-refractivity contribution in [2.24, 2.45) is 5.92 Å². The summed E-state index contributed by atoms with van der Waals surface area (Å²) in [6, 6.07) is 2.78. The number of hydrogen-bond donors (Lipinski definition) is 2. The molecule has 1 aliphatic rings. The summed E-state index contributed by atoms with van der Waals surface area (Å²) in [5.74, 6) is -2.01. The Hall–Kier alpha value is -2.38. The maximum atomic E-state index is 13.6. The first-order chi connectivity index (χ1) is 12.5. The van der Waals surface area contributed by atoms with Gasteiger partial charge in [-0.2, -0.15) is 0 Å². The van der Waals surface area contributed by atoms with Gasteiger partial charge < -0.3 is 20.1 Å². The van der Waals surface area contributed by atoms with Gasteiger partial charge in [0.05, 0.1) is 5.54 Å². The Bertz CT molecular complexity index is 701. The van der Waals surface area contributed by atoms with E-state index in [9.17, 15) is 18.4 Å². The average Bonchev–Trinajstić information content (AvgIpc) is 3.38. The third kappa shape index (κ3) is 6.69. The van der Waals surface area contributed by atoms with Crippen molar-refractivity contribution in [2.75, 3.05) is 13.2 Å². The van der Waals surface area contributed by atoms with Crippen LogP contribution in [0.2, 0.25) is 0 Å². The molecule has 1 aromatic carbocycles. The third-order valence-corrected chi connectivity index (χ3v) is 4.15. The summed E-state index contributed by atoms with van der Waals surface area (Å²) < 4.78 is 37.0. The number of hydrogen-bond acceptors (Lipinski definition) is 4. The molecular formula is C19H26F2N2O4. The summed E-state index contributed by atoms with van der Waals surface area (Å²) in [6.07, 6.45) is 1.28. The van der Waals surface area contributed by atoms with Gasteiger partial charge in [-0.1, -0.05) is 0 Å². The van der Waals surface area contributed by atoms with Gasteiger partial charge in [0, 0.05) is 12.6 Å². The number of carbonyl (C=O) groups excluding carboxylic acids is 2. The van der Waals surface area contributed by atoms with Crippen molar-refractivity contribution in [3.8, 4) is 5.75 Å². The molecule has 6 nitrogen and oxygen atoms in total. The molecule has 0 aliphatic heterocycles. The number of benzene rings is 1. The lowest BCUT2D eigenvalue weighted by Crippen LogP contribution is -2.56. The van der Waals surface area contributed by atoms with Crippen LogP contribution in [0.25, 0.3) is 0 Å². The largest absolute Gasteiger partial charge is 0.481 e. The zero-order chi connectivity index (χ0) is 20.2. The quantitative estimate of drug-likeness (QED) is 0.757. The van der Waals surface area contributed by atoms with Gasteiger partial charge in [0.15, 0.2) is 18.2 Å². The number of amides is 2. The highest BCUT2D eigenvalue weighted by Gasteiger charge is 2.43. The second kappa shape index (κ2) is 8.10. The van der Waals surface area contributed by atoms with E-state index >= 15 is 0 Å². The molecule has 1 aromatic rings. The first kappa shape index (κ1) is 20.9. The van der Waals surface area contributed by atoms with E-state index in [1.165, 1.54) is 0 Å². The van der Waals surface area contributed by atoms with Gasteiger partial charge in [0.2, 0.25) is 0 Å². The van der Waals surface area contributed by atoms with Crippen LogP contribution >= 0.6 is 0 Å². The Morgan fingerprint density at radius 2 is 1.85 bits per heavy atom. The van der Waals surface area contributed by atoms with Crippen LogP contribution in [0.5, 0.6) is 5.75 Å². The SMILES string of the molecule is CC(C)(C)OC(=O)NCC(C)(NC(=O)COc1cc(F)ccc1F)C1CC1. The van der Waals surface area contributed by atoms with Crippen molar-refractivity contribution in [3.63, 3.8) is 0 Å². The van der Waals surface area contributed by atoms with Crippen molar-refractivity contribution in [1.29, 1.82) is 0 Å². The van der Waals surface area contributed by atoms with E-state index in [2.05, 4.69) is 10.6 Å². The monoisotopic (exact) mass is 384 g/mol. The van der Waals surface area contributed by atoms with Gasteiger partial charge >= 0.3 is 6.09 Å². The van der Waals surface area contributed by atoms with Crippen LogP contribution in [0, 0.1) is 17.6 Å². The van der Waals surface area contributed by atoms with E-state index in [-0.39, 0.29) is 18.2 Å². The summed E-state index contributed by atoms with van der Waals surface area (Å²) in [7, 11) is 0. The summed E-state index contributed by atoms with van der Waals surface area (Å²) in [6.45, 7) is 6.83. The van der Waals surface area contributed by atoms with Crippen LogP contribution < -0.4 is 15.4 Å². The summed E-state index contributed by atoms with van der Waals surface area (Å²) >= 11 is 0.